The second kappa shape index (κ2) is 6.38. The van der Waals surface area contributed by atoms with E-state index in [4.69, 9.17) is 16.7 Å². The highest BCUT2D eigenvalue weighted by Crippen LogP contribution is 2.25. The van der Waals surface area contributed by atoms with Gasteiger partial charge in [-0.1, -0.05) is 27.5 Å². The summed E-state index contributed by atoms with van der Waals surface area (Å²) >= 11 is 9.55. The van der Waals surface area contributed by atoms with Gasteiger partial charge in [0.15, 0.2) is 0 Å². The quantitative estimate of drug-likeness (QED) is 0.905. The molecule has 1 aromatic rings. The van der Waals surface area contributed by atoms with Crippen LogP contribution in [0, 0.1) is 6.92 Å². The molecule has 0 aliphatic rings. The van der Waals surface area contributed by atoms with Crippen LogP contribution in [-0.4, -0.2) is 29.6 Å². The second-order valence-electron chi connectivity index (χ2n) is 4.07. The number of hydrogen-bond donors (Lipinski definition) is 1. The topological polar surface area (TPSA) is 40.5 Å². The predicted molar refractivity (Wildman–Crippen MR) is 72.5 cm³/mol. The molecule has 3 nitrogen and oxygen atoms in total. The van der Waals surface area contributed by atoms with Gasteiger partial charge in [0.2, 0.25) is 0 Å². The minimum Gasteiger partial charge on any atom is -0.481 e. The van der Waals surface area contributed by atoms with Gasteiger partial charge in [0.05, 0.1) is 6.42 Å². The first-order chi connectivity index (χ1) is 7.90. The van der Waals surface area contributed by atoms with Crippen LogP contribution in [-0.2, 0) is 11.3 Å². The lowest BCUT2D eigenvalue weighted by Crippen LogP contribution is -2.21. The first-order valence-corrected chi connectivity index (χ1v) is 6.42. The Morgan fingerprint density at radius 1 is 1.53 bits per heavy atom. The second-order valence-corrected chi connectivity index (χ2v) is 5.34. The van der Waals surface area contributed by atoms with Crippen LogP contribution < -0.4 is 0 Å². The van der Waals surface area contributed by atoms with E-state index in [9.17, 15) is 4.79 Å². The predicted octanol–water partition coefficient (Wildman–Crippen LogP) is 3.32. The van der Waals surface area contributed by atoms with Crippen LogP contribution in [0.2, 0.25) is 5.02 Å². The average molecular weight is 321 g/mol. The molecule has 1 rings (SSSR count). The normalized spacial score (nSPS) is 10.9. The fraction of sp³-hybridized carbons (Fsp3) is 0.417. The molecule has 0 fully saturated rings. The summed E-state index contributed by atoms with van der Waals surface area (Å²) in [6.07, 6.45) is 0.147. The van der Waals surface area contributed by atoms with Crippen molar-refractivity contribution in [3.8, 4) is 0 Å². The molecule has 0 saturated heterocycles. The number of halogens is 2. The van der Waals surface area contributed by atoms with E-state index >= 15 is 0 Å². The molecule has 5 heteroatoms. The molecule has 17 heavy (non-hydrogen) atoms. The number of rotatable bonds is 5. The lowest BCUT2D eigenvalue weighted by molar-refractivity contribution is -0.137. The van der Waals surface area contributed by atoms with E-state index in [2.05, 4.69) is 15.9 Å². The Balaban J connectivity index is 2.68. The molecule has 0 atom stereocenters. The summed E-state index contributed by atoms with van der Waals surface area (Å²) in [6.45, 7) is 3.14. The summed E-state index contributed by atoms with van der Waals surface area (Å²) in [5.74, 6) is -0.780. The van der Waals surface area contributed by atoms with Crippen LogP contribution in [0.5, 0.6) is 0 Å². The fourth-order valence-electron chi connectivity index (χ4n) is 1.46. The molecule has 0 saturated carbocycles. The zero-order valence-corrected chi connectivity index (χ0v) is 12.2. The maximum atomic E-state index is 10.5. The number of aliphatic carboxylic acids is 1. The van der Waals surface area contributed by atoms with Gasteiger partial charge in [-0.3, -0.25) is 4.79 Å². The van der Waals surface area contributed by atoms with Crippen molar-refractivity contribution in [2.24, 2.45) is 0 Å². The number of benzene rings is 1. The van der Waals surface area contributed by atoms with E-state index in [1.807, 2.05) is 31.0 Å². The number of nitrogens with zero attached hydrogens (tertiary/aromatic N) is 1. The van der Waals surface area contributed by atoms with Crippen molar-refractivity contribution >= 4 is 33.5 Å². The molecule has 1 N–H and O–H groups in total. The van der Waals surface area contributed by atoms with Crippen LogP contribution in [0.1, 0.15) is 17.5 Å². The zero-order chi connectivity index (χ0) is 13.0. The third-order valence-electron chi connectivity index (χ3n) is 2.48. The smallest absolute Gasteiger partial charge is 0.304 e. The summed E-state index contributed by atoms with van der Waals surface area (Å²) in [5.41, 5.74) is 2.09. The van der Waals surface area contributed by atoms with Gasteiger partial charge in [-0.2, -0.15) is 0 Å². The standard InChI is InChI=1S/C12H15BrClNO2/c1-8-5-10(13)9(6-11(8)14)7-15(2)4-3-12(16)17/h5-6H,3-4,7H2,1-2H3,(H,16,17). The van der Waals surface area contributed by atoms with Gasteiger partial charge in [-0.05, 0) is 37.2 Å². The van der Waals surface area contributed by atoms with Crippen molar-refractivity contribution in [1.82, 2.24) is 4.90 Å². The third-order valence-corrected chi connectivity index (χ3v) is 3.62. The molecule has 0 aliphatic heterocycles. The largest absolute Gasteiger partial charge is 0.481 e. The van der Waals surface area contributed by atoms with E-state index < -0.39 is 5.97 Å². The molecule has 0 radical (unpaired) electrons. The molecule has 0 aromatic heterocycles. The first kappa shape index (κ1) is 14.5. The van der Waals surface area contributed by atoms with Gasteiger partial charge in [0.25, 0.3) is 0 Å². The summed E-state index contributed by atoms with van der Waals surface area (Å²) < 4.78 is 1.00. The lowest BCUT2D eigenvalue weighted by atomic mass is 10.1. The van der Waals surface area contributed by atoms with E-state index in [1.165, 1.54) is 0 Å². The zero-order valence-electron chi connectivity index (χ0n) is 9.83. The van der Waals surface area contributed by atoms with E-state index in [0.717, 1.165) is 20.6 Å². The Morgan fingerprint density at radius 2 is 2.18 bits per heavy atom. The maximum Gasteiger partial charge on any atom is 0.304 e. The summed E-state index contributed by atoms with van der Waals surface area (Å²) in [7, 11) is 1.89. The summed E-state index contributed by atoms with van der Waals surface area (Å²) in [4.78, 5) is 12.4. The SMILES string of the molecule is Cc1cc(Br)c(CN(C)CCC(=O)O)cc1Cl. The molecule has 0 aliphatic carbocycles. The first-order valence-electron chi connectivity index (χ1n) is 5.25. The highest BCUT2D eigenvalue weighted by atomic mass is 79.9. The van der Waals surface area contributed by atoms with Crippen molar-refractivity contribution in [3.63, 3.8) is 0 Å². The van der Waals surface area contributed by atoms with Crippen LogP contribution in [0.3, 0.4) is 0 Å². The summed E-state index contributed by atoms with van der Waals surface area (Å²) in [5, 5.41) is 9.34. The monoisotopic (exact) mass is 319 g/mol. The lowest BCUT2D eigenvalue weighted by Gasteiger charge is -2.17. The van der Waals surface area contributed by atoms with Gasteiger partial charge in [-0.15, -0.1) is 0 Å². The Bertz CT molecular complexity index is 423. The average Bonchev–Trinajstić information content (AvgIpc) is 2.23. The highest BCUT2D eigenvalue weighted by Gasteiger charge is 2.08. The minimum absolute atomic E-state index is 0.147. The molecule has 0 heterocycles. The number of carboxylic acid groups (broad SMARTS) is 1. The maximum absolute atomic E-state index is 10.5. The van der Waals surface area contributed by atoms with Crippen molar-refractivity contribution in [2.75, 3.05) is 13.6 Å². The number of hydrogen-bond acceptors (Lipinski definition) is 2. The van der Waals surface area contributed by atoms with Gasteiger partial charge in [0.1, 0.15) is 0 Å². The number of aryl methyl sites for hydroxylation is 1. The Labute approximate surface area is 115 Å². The van der Waals surface area contributed by atoms with Crippen molar-refractivity contribution in [1.29, 1.82) is 0 Å². The van der Waals surface area contributed by atoms with E-state index in [0.29, 0.717) is 13.1 Å². The molecular formula is C12H15BrClNO2. The molecule has 1 aromatic carbocycles. The van der Waals surface area contributed by atoms with E-state index in [1.54, 1.807) is 0 Å². The molecule has 0 amide bonds. The van der Waals surface area contributed by atoms with Crippen molar-refractivity contribution in [3.05, 3.63) is 32.8 Å². The van der Waals surface area contributed by atoms with E-state index in [-0.39, 0.29) is 6.42 Å². The van der Waals surface area contributed by atoms with Crippen LogP contribution in [0.25, 0.3) is 0 Å². The molecule has 0 bridgehead atoms. The summed E-state index contributed by atoms with van der Waals surface area (Å²) in [6, 6.07) is 3.89. The molecule has 0 unspecified atom stereocenters. The number of carbonyl (C=O) groups is 1. The molecule has 94 valence electrons. The van der Waals surface area contributed by atoms with Crippen molar-refractivity contribution in [2.45, 2.75) is 19.9 Å². The highest BCUT2D eigenvalue weighted by molar-refractivity contribution is 9.10. The van der Waals surface area contributed by atoms with Gasteiger partial charge >= 0.3 is 5.97 Å². The Morgan fingerprint density at radius 3 is 2.76 bits per heavy atom. The van der Waals surface area contributed by atoms with Crippen LogP contribution >= 0.6 is 27.5 Å². The molecular weight excluding hydrogens is 305 g/mol. The Kier molecular flexibility index (Phi) is 5.43. The van der Waals surface area contributed by atoms with Crippen LogP contribution in [0.4, 0.5) is 0 Å². The van der Waals surface area contributed by atoms with Crippen molar-refractivity contribution < 1.29 is 9.90 Å². The molecule has 0 spiro atoms. The van der Waals surface area contributed by atoms with Crippen LogP contribution in [0.15, 0.2) is 16.6 Å². The van der Waals surface area contributed by atoms with Gasteiger partial charge < -0.3 is 10.0 Å². The number of carboxylic acids is 1. The van der Waals surface area contributed by atoms with Gasteiger partial charge in [-0.25, -0.2) is 0 Å². The Hall–Kier alpha value is -0.580. The van der Waals surface area contributed by atoms with Gasteiger partial charge in [0, 0.05) is 22.6 Å². The fourth-order valence-corrected chi connectivity index (χ4v) is 2.23. The third kappa shape index (κ3) is 4.66. The minimum atomic E-state index is -0.780.